The van der Waals surface area contributed by atoms with Crippen LogP contribution in [0.2, 0.25) is 0 Å². The molecule has 0 bridgehead atoms. The van der Waals surface area contributed by atoms with Crippen molar-refractivity contribution < 1.29 is 9.13 Å². The van der Waals surface area contributed by atoms with Crippen LogP contribution < -0.4 is 5.32 Å². The predicted molar refractivity (Wildman–Crippen MR) is 110 cm³/mol. The van der Waals surface area contributed by atoms with Crippen LogP contribution in [0.3, 0.4) is 0 Å². The van der Waals surface area contributed by atoms with Gasteiger partial charge in [0, 0.05) is 43.4 Å². The number of aryl methyl sites for hydroxylation is 1. The summed E-state index contributed by atoms with van der Waals surface area (Å²) in [7, 11) is 0. The first kappa shape index (κ1) is 17.9. The van der Waals surface area contributed by atoms with Crippen molar-refractivity contribution >= 4 is 17.0 Å². The van der Waals surface area contributed by atoms with Gasteiger partial charge in [-0.1, -0.05) is 0 Å². The summed E-state index contributed by atoms with van der Waals surface area (Å²) in [6, 6.07) is 9.03. The average Bonchev–Trinajstić information content (AvgIpc) is 3.36. The van der Waals surface area contributed by atoms with Crippen LogP contribution in [-0.4, -0.2) is 32.1 Å². The second kappa shape index (κ2) is 7.33. The fourth-order valence-electron chi connectivity index (χ4n) is 3.82. The summed E-state index contributed by atoms with van der Waals surface area (Å²) in [5.74, 6) is 0.109. The van der Waals surface area contributed by atoms with Gasteiger partial charge in [-0.25, -0.2) is 14.4 Å². The van der Waals surface area contributed by atoms with Crippen LogP contribution in [0.1, 0.15) is 30.1 Å². The van der Waals surface area contributed by atoms with E-state index in [1.807, 2.05) is 35.7 Å². The minimum Gasteiger partial charge on any atom is -0.381 e. The van der Waals surface area contributed by atoms with Crippen molar-refractivity contribution in [2.24, 2.45) is 0 Å². The summed E-state index contributed by atoms with van der Waals surface area (Å²) in [5.41, 5.74) is 4.75. The summed E-state index contributed by atoms with van der Waals surface area (Å²) >= 11 is 0. The molecule has 148 valence electrons. The molecule has 0 aliphatic carbocycles. The van der Waals surface area contributed by atoms with E-state index < -0.39 is 0 Å². The minimum absolute atomic E-state index is 0.314. The third-order valence-corrected chi connectivity index (χ3v) is 5.36. The Kier molecular flexibility index (Phi) is 4.52. The van der Waals surface area contributed by atoms with E-state index in [0.717, 1.165) is 48.8 Å². The summed E-state index contributed by atoms with van der Waals surface area (Å²) in [6.07, 6.45) is 9.47. The highest BCUT2D eigenvalue weighted by molar-refractivity contribution is 5.74. The van der Waals surface area contributed by atoms with Gasteiger partial charge in [0.2, 0.25) is 0 Å². The minimum atomic E-state index is -0.314. The number of halogens is 1. The van der Waals surface area contributed by atoms with Crippen molar-refractivity contribution in [1.29, 1.82) is 0 Å². The molecule has 1 aliphatic rings. The van der Waals surface area contributed by atoms with Crippen molar-refractivity contribution in [3.05, 3.63) is 72.5 Å². The first-order chi connectivity index (χ1) is 14.2. The first-order valence-electron chi connectivity index (χ1n) is 9.80. The molecule has 0 amide bonds. The van der Waals surface area contributed by atoms with Crippen LogP contribution in [0, 0.1) is 12.7 Å². The molecule has 0 saturated carbocycles. The lowest BCUT2D eigenvalue weighted by molar-refractivity contribution is 0.0846. The molecule has 1 aliphatic heterocycles. The Hall–Kier alpha value is -3.19. The van der Waals surface area contributed by atoms with Crippen LogP contribution in [0.25, 0.3) is 11.3 Å². The quantitative estimate of drug-likeness (QED) is 0.552. The lowest BCUT2D eigenvalue weighted by Crippen LogP contribution is -2.14. The van der Waals surface area contributed by atoms with Crippen molar-refractivity contribution in [3.63, 3.8) is 0 Å². The molecule has 0 unspecified atom stereocenters. The monoisotopic (exact) mass is 391 g/mol. The highest BCUT2D eigenvalue weighted by atomic mass is 19.1. The zero-order chi connectivity index (χ0) is 19.8. The van der Waals surface area contributed by atoms with Gasteiger partial charge < -0.3 is 19.0 Å². The van der Waals surface area contributed by atoms with Gasteiger partial charge in [0.15, 0.2) is 5.65 Å². The molecule has 4 aromatic rings. The van der Waals surface area contributed by atoms with E-state index in [4.69, 9.17) is 9.72 Å². The zero-order valence-corrected chi connectivity index (χ0v) is 16.2. The number of aromatic nitrogens is 4. The fourth-order valence-corrected chi connectivity index (χ4v) is 3.82. The number of ether oxygens (including phenoxy) is 1. The number of fused-ring (bicyclic) bond motifs is 1. The molecule has 1 saturated heterocycles. The molecular formula is C22H22FN5O. The number of anilines is 2. The summed E-state index contributed by atoms with van der Waals surface area (Å²) < 4.78 is 23.9. The molecule has 0 radical (unpaired) electrons. The highest BCUT2D eigenvalue weighted by Crippen LogP contribution is 2.29. The van der Waals surface area contributed by atoms with Crippen LogP contribution >= 0.6 is 0 Å². The average molecular weight is 391 g/mol. The highest BCUT2D eigenvalue weighted by Gasteiger charge is 2.19. The topological polar surface area (TPSA) is 56.4 Å². The molecular weight excluding hydrogens is 369 g/mol. The van der Waals surface area contributed by atoms with Gasteiger partial charge >= 0.3 is 0 Å². The molecule has 4 heterocycles. The Morgan fingerprint density at radius 3 is 2.79 bits per heavy atom. The smallest absolute Gasteiger partial charge is 0.160 e. The SMILES string of the molecule is Cc1cn(-c2ccc(Nc3cccn4cc(C5CCOCC5)nc34)cc2F)cn1. The lowest BCUT2D eigenvalue weighted by atomic mass is 9.97. The van der Waals surface area contributed by atoms with Gasteiger partial charge in [-0.2, -0.15) is 0 Å². The predicted octanol–water partition coefficient (Wildman–Crippen LogP) is 4.61. The summed E-state index contributed by atoms with van der Waals surface area (Å²) in [6.45, 7) is 3.45. The van der Waals surface area contributed by atoms with Gasteiger partial charge in [0.05, 0.1) is 29.1 Å². The normalized spacial score (nSPS) is 15.1. The lowest BCUT2D eigenvalue weighted by Gasteiger charge is -2.19. The van der Waals surface area contributed by atoms with E-state index in [1.54, 1.807) is 23.2 Å². The maximum Gasteiger partial charge on any atom is 0.160 e. The Bertz CT molecular complexity index is 1160. The number of benzene rings is 1. The molecule has 7 heteroatoms. The molecule has 5 rings (SSSR count). The maximum absolute atomic E-state index is 14.7. The van der Waals surface area contributed by atoms with Crippen molar-refractivity contribution in [3.8, 4) is 5.69 Å². The third kappa shape index (κ3) is 3.49. The van der Waals surface area contributed by atoms with Gasteiger partial charge in [0.25, 0.3) is 0 Å². The second-order valence-corrected chi connectivity index (χ2v) is 7.42. The number of nitrogens with one attached hydrogen (secondary N) is 1. The van der Waals surface area contributed by atoms with Crippen molar-refractivity contribution in [1.82, 2.24) is 18.9 Å². The maximum atomic E-state index is 14.7. The fraction of sp³-hybridized carbons (Fsp3) is 0.273. The van der Waals surface area contributed by atoms with Crippen molar-refractivity contribution in [2.45, 2.75) is 25.7 Å². The van der Waals surface area contributed by atoms with Gasteiger partial charge in [0.1, 0.15) is 5.82 Å². The zero-order valence-electron chi connectivity index (χ0n) is 16.2. The summed E-state index contributed by atoms with van der Waals surface area (Å²) in [4.78, 5) is 9.02. The van der Waals surface area contributed by atoms with Gasteiger partial charge in [-0.15, -0.1) is 0 Å². The van der Waals surface area contributed by atoms with E-state index in [0.29, 0.717) is 17.3 Å². The molecule has 29 heavy (non-hydrogen) atoms. The Balaban J connectivity index is 1.44. The largest absolute Gasteiger partial charge is 0.381 e. The second-order valence-electron chi connectivity index (χ2n) is 7.42. The van der Waals surface area contributed by atoms with E-state index in [-0.39, 0.29) is 5.82 Å². The molecule has 6 nitrogen and oxygen atoms in total. The van der Waals surface area contributed by atoms with E-state index in [9.17, 15) is 4.39 Å². The van der Waals surface area contributed by atoms with Crippen LogP contribution in [-0.2, 0) is 4.74 Å². The standard InChI is InChI=1S/C22H22FN5O/c1-15-12-28(14-24-15)21-5-4-17(11-18(21)23)25-19-3-2-8-27-13-20(26-22(19)27)16-6-9-29-10-7-16/h2-5,8,11-14,16,25H,6-7,9-10H2,1H3. The van der Waals surface area contributed by atoms with E-state index in [1.165, 1.54) is 6.07 Å². The molecule has 0 atom stereocenters. The van der Waals surface area contributed by atoms with Crippen LogP contribution in [0.4, 0.5) is 15.8 Å². The van der Waals surface area contributed by atoms with Gasteiger partial charge in [-0.05, 0) is 50.1 Å². The Morgan fingerprint density at radius 1 is 1.17 bits per heavy atom. The van der Waals surface area contributed by atoms with Crippen LogP contribution in [0.5, 0.6) is 0 Å². The van der Waals surface area contributed by atoms with Crippen LogP contribution in [0.15, 0.2) is 55.2 Å². The number of rotatable bonds is 4. The number of hydrogen-bond donors (Lipinski definition) is 1. The van der Waals surface area contributed by atoms with E-state index >= 15 is 0 Å². The summed E-state index contributed by atoms with van der Waals surface area (Å²) in [5, 5.41) is 3.31. The molecule has 1 fully saturated rings. The van der Waals surface area contributed by atoms with E-state index in [2.05, 4.69) is 16.5 Å². The van der Waals surface area contributed by atoms with Crippen molar-refractivity contribution in [2.75, 3.05) is 18.5 Å². The molecule has 1 aromatic carbocycles. The number of hydrogen-bond acceptors (Lipinski definition) is 4. The third-order valence-electron chi connectivity index (χ3n) is 5.36. The Morgan fingerprint density at radius 2 is 2.03 bits per heavy atom. The molecule has 0 spiro atoms. The number of imidazole rings is 2. The molecule has 3 aromatic heterocycles. The van der Waals surface area contributed by atoms with Gasteiger partial charge in [-0.3, -0.25) is 0 Å². The number of pyridine rings is 1. The Labute approximate surface area is 168 Å². The molecule has 1 N–H and O–H groups in total. The number of nitrogens with zero attached hydrogens (tertiary/aromatic N) is 4. The first-order valence-corrected chi connectivity index (χ1v) is 9.80.